The van der Waals surface area contributed by atoms with Gasteiger partial charge in [0, 0.05) is 31.7 Å². The Kier molecular flexibility index (Phi) is 6.02. The number of β-amino-alcohol motifs (C(OH)–C–C–N with tert-alkyl or cyclic N) is 1. The van der Waals surface area contributed by atoms with Gasteiger partial charge in [0.15, 0.2) is 0 Å². The molecular weight excluding hydrogens is 290 g/mol. The number of benzene rings is 1. The molecule has 1 aliphatic rings. The van der Waals surface area contributed by atoms with Gasteiger partial charge in [-0.25, -0.2) is 4.79 Å². The van der Waals surface area contributed by atoms with Crippen LogP contribution in [0, 0.1) is 0 Å². The zero-order chi connectivity index (χ0) is 16.9. The minimum absolute atomic E-state index is 0.136. The Morgan fingerprint density at radius 2 is 2.04 bits per heavy atom. The molecule has 5 heteroatoms. The van der Waals surface area contributed by atoms with Crippen molar-refractivity contribution < 1.29 is 9.90 Å². The van der Waals surface area contributed by atoms with Crippen molar-refractivity contribution in [2.75, 3.05) is 13.1 Å². The predicted octanol–water partition coefficient (Wildman–Crippen LogP) is 2.24. The van der Waals surface area contributed by atoms with Gasteiger partial charge in [0.25, 0.3) is 0 Å². The third-order valence-electron chi connectivity index (χ3n) is 4.54. The number of rotatable bonds is 6. The van der Waals surface area contributed by atoms with Crippen molar-refractivity contribution in [3.8, 4) is 0 Å². The van der Waals surface area contributed by atoms with Gasteiger partial charge in [-0.1, -0.05) is 31.2 Å². The fourth-order valence-corrected chi connectivity index (χ4v) is 2.70. The molecule has 1 saturated heterocycles. The lowest BCUT2D eigenvalue weighted by molar-refractivity contribution is 0.174. The van der Waals surface area contributed by atoms with Gasteiger partial charge >= 0.3 is 6.03 Å². The number of likely N-dealkylation sites (tertiary alicyclic amines) is 1. The molecule has 0 radical (unpaired) electrons. The number of aliphatic hydroxyl groups excluding tert-OH is 1. The summed E-state index contributed by atoms with van der Waals surface area (Å²) in [6.07, 6.45) is 1.52. The largest absolute Gasteiger partial charge is 0.392 e. The highest BCUT2D eigenvalue weighted by Crippen LogP contribution is 2.16. The van der Waals surface area contributed by atoms with E-state index < -0.39 is 0 Å². The monoisotopic (exact) mass is 319 g/mol. The molecule has 0 bridgehead atoms. The van der Waals surface area contributed by atoms with E-state index in [1.165, 1.54) is 5.56 Å². The number of urea groups is 1. The maximum atomic E-state index is 12.0. The molecule has 0 spiro atoms. The number of hydrogen-bond donors (Lipinski definition) is 3. The molecule has 1 aromatic carbocycles. The lowest BCUT2D eigenvalue weighted by Gasteiger charge is -2.25. The Morgan fingerprint density at radius 1 is 1.35 bits per heavy atom. The molecular formula is C18H29N3O2. The molecule has 1 aromatic rings. The van der Waals surface area contributed by atoms with Gasteiger partial charge in [0.2, 0.25) is 0 Å². The standard InChI is InChI=1S/C18H29N3O2/c1-4-18(2,3)20-17(23)19-11-14-7-5-6-8-15(14)12-21-10-9-16(22)13-21/h5-8,16,22H,4,9-13H2,1-3H3,(H2,19,20,23). The fourth-order valence-electron chi connectivity index (χ4n) is 2.70. The van der Waals surface area contributed by atoms with Crippen molar-refractivity contribution in [2.24, 2.45) is 0 Å². The van der Waals surface area contributed by atoms with Crippen LogP contribution >= 0.6 is 0 Å². The Morgan fingerprint density at radius 3 is 2.65 bits per heavy atom. The van der Waals surface area contributed by atoms with Gasteiger partial charge in [-0.2, -0.15) is 0 Å². The summed E-state index contributed by atoms with van der Waals surface area (Å²) in [5.74, 6) is 0. The second-order valence-electron chi connectivity index (χ2n) is 6.99. The molecule has 0 saturated carbocycles. The number of nitrogens with zero attached hydrogens (tertiary/aromatic N) is 1. The molecule has 3 N–H and O–H groups in total. The first-order chi connectivity index (χ1) is 10.9. The molecule has 1 fully saturated rings. The Hall–Kier alpha value is -1.59. The topological polar surface area (TPSA) is 64.6 Å². The van der Waals surface area contributed by atoms with Crippen molar-refractivity contribution in [3.05, 3.63) is 35.4 Å². The zero-order valence-corrected chi connectivity index (χ0v) is 14.4. The summed E-state index contributed by atoms with van der Waals surface area (Å²) in [7, 11) is 0. The molecule has 1 atom stereocenters. The lowest BCUT2D eigenvalue weighted by atomic mass is 10.0. The summed E-state index contributed by atoms with van der Waals surface area (Å²) < 4.78 is 0. The van der Waals surface area contributed by atoms with Crippen LogP contribution in [0.5, 0.6) is 0 Å². The minimum Gasteiger partial charge on any atom is -0.392 e. The Bertz CT molecular complexity index is 531. The number of carbonyl (C=O) groups is 1. The molecule has 0 aliphatic carbocycles. The van der Waals surface area contributed by atoms with Crippen LogP contribution in [0.3, 0.4) is 0 Å². The van der Waals surface area contributed by atoms with E-state index in [1.807, 2.05) is 32.0 Å². The summed E-state index contributed by atoms with van der Waals surface area (Å²) in [6.45, 7) is 9.06. The molecule has 5 nitrogen and oxygen atoms in total. The SMILES string of the molecule is CCC(C)(C)NC(=O)NCc1ccccc1CN1CCC(O)C1. The van der Waals surface area contributed by atoms with E-state index in [1.54, 1.807) is 0 Å². The highest BCUT2D eigenvalue weighted by atomic mass is 16.3. The molecule has 128 valence electrons. The summed E-state index contributed by atoms with van der Waals surface area (Å²) >= 11 is 0. The molecule has 23 heavy (non-hydrogen) atoms. The molecule has 1 heterocycles. The van der Waals surface area contributed by atoms with E-state index in [0.717, 1.165) is 38.0 Å². The van der Waals surface area contributed by atoms with Crippen LogP contribution in [0.2, 0.25) is 0 Å². The van der Waals surface area contributed by atoms with E-state index in [0.29, 0.717) is 6.54 Å². The van der Waals surface area contributed by atoms with Crippen LogP contribution in [0.25, 0.3) is 0 Å². The normalized spacial score (nSPS) is 18.9. The Balaban J connectivity index is 1.91. The quantitative estimate of drug-likeness (QED) is 0.753. The van der Waals surface area contributed by atoms with Crippen molar-refractivity contribution in [1.82, 2.24) is 15.5 Å². The maximum absolute atomic E-state index is 12.0. The molecule has 2 amide bonds. The van der Waals surface area contributed by atoms with Crippen LogP contribution in [-0.2, 0) is 13.1 Å². The van der Waals surface area contributed by atoms with Gasteiger partial charge in [-0.3, -0.25) is 4.90 Å². The molecule has 2 rings (SSSR count). The molecule has 1 aliphatic heterocycles. The van der Waals surface area contributed by atoms with Gasteiger partial charge in [0.1, 0.15) is 0 Å². The van der Waals surface area contributed by atoms with E-state index in [-0.39, 0.29) is 17.7 Å². The van der Waals surface area contributed by atoms with E-state index in [4.69, 9.17) is 0 Å². The number of amides is 2. The summed E-state index contributed by atoms with van der Waals surface area (Å²) in [4.78, 5) is 14.3. The smallest absolute Gasteiger partial charge is 0.315 e. The van der Waals surface area contributed by atoms with Crippen LogP contribution in [0.15, 0.2) is 24.3 Å². The first-order valence-corrected chi connectivity index (χ1v) is 8.43. The highest BCUT2D eigenvalue weighted by molar-refractivity contribution is 5.74. The summed E-state index contributed by atoms with van der Waals surface area (Å²) in [5.41, 5.74) is 2.13. The second-order valence-corrected chi connectivity index (χ2v) is 6.99. The van der Waals surface area contributed by atoms with Gasteiger partial charge in [0.05, 0.1) is 6.10 Å². The van der Waals surface area contributed by atoms with Crippen LogP contribution in [0.4, 0.5) is 4.79 Å². The minimum atomic E-state index is -0.206. The summed E-state index contributed by atoms with van der Waals surface area (Å²) in [5, 5.41) is 15.6. The van der Waals surface area contributed by atoms with Gasteiger partial charge in [-0.15, -0.1) is 0 Å². The third kappa shape index (κ3) is 5.52. The average Bonchev–Trinajstić information content (AvgIpc) is 2.91. The van der Waals surface area contributed by atoms with Crippen molar-refractivity contribution in [1.29, 1.82) is 0 Å². The van der Waals surface area contributed by atoms with Gasteiger partial charge in [-0.05, 0) is 37.8 Å². The zero-order valence-electron chi connectivity index (χ0n) is 14.4. The molecule has 0 aromatic heterocycles. The van der Waals surface area contributed by atoms with Gasteiger partial charge < -0.3 is 15.7 Å². The fraction of sp³-hybridized carbons (Fsp3) is 0.611. The van der Waals surface area contributed by atoms with Crippen molar-refractivity contribution in [3.63, 3.8) is 0 Å². The first-order valence-electron chi connectivity index (χ1n) is 8.43. The maximum Gasteiger partial charge on any atom is 0.315 e. The Labute approximate surface area is 139 Å². The third-order valence-corrected chi connectivity index (χ3v) is 4.54. The summed E-state index contributed by atoms with van der Waals surface area (Å²) in [6, 6.07) is 8.02. The van der Waals surface area contributed by atoms with Crippen molar-refractivity contribution >= 4 is 6.03 Å². The highest BCUT2D eigenvalue weighted by Gasteiger charge is 2.21. The van der Waals surface area contributed by atoms with E-state index in [9.17, 15) is 9.90 Å². The average molecular weight is 319 g/mol. The van der Waals surface area contributed by atoms with Crippen LogP contribution in [0.1, 0.15) is 44.7 Å². The van der Waals surface area contributed by atoms with Crippen molar-refractivity contribution in [2.45, 2.75) is 58.3 Å². The van der Waals surface area contributed by atoms with Crippen LogP contribution in [-0.4, -0.2) is 40.8 Å². The van der Waals surface area contributed by atoms with E-state index >= 15 is 0 Å². The number of carbonyl (C=O) groups excluding carboxylic acids is 1. The van der Waals surface area contributed by atoms with E-state index in [2.05, 4.69) is 28.5 Å². The number of nitrogens with one attached hydrogen (secondary N) is 2. The predicted molar refractivity (Wildman–Crippen MR) is 92.1 cm³/mol. The number of hydrogen-bond acceptors (Lipinski definition) is 3. The number of aliphatic hydroxyl groups is 1. The lowest BCUT2D eigenvalue weighted by Crippen LogP contribution is -2.47. The van der Waals surface area contributed by atoms with Crippen LogP contribution < -0.4 is 10.6 Å². The first kappa shape index (κ1) is 17.8. The second kappa shape index (κ2) is 7.79. The molecule has 1 unspecified atom stereocenters.